The minimum Gasteiger partial charge on any atom is -0.276 e. The summed E-state index contributed by atoms with van der Waals surface area (Å²) in [7, 11) is -3.17. The van der Waals surface area contributed by atoms with Gasteiger partial charge in [0.05, 0.1) is 17.2 Å². The second-order valence-corrected chi connectivity index (χ2v) is 9.56. The molecule has 28 heavy (non-hydrogen) atoms. The predicted molar refractivity (Wildman–Crippen MR) is 112 cm³/mol. The Morgan fingerprint density at radius 1 is 1.14 bits per heavy atom. The Balaban J connectivity index is 1.91. The molecule has 0 aliphatic rings. The third-order valence-corrected chi connectivity index (χ3v) is 6.12. The van der Waals surface area contributed by atoms with Gasteiger partial charge >= 0.3 is 0 Å². The molecule has 0 saturated heterocycles. The van der Waals surface area contributed by atoms with Gasteiger partial charge in [0.15, 0.2) is 5.16 Å². The second-order valence-electron chi connectivity index (χ2n) is 6.67. The first-order chi connectivity index (χ1) is 13.4. The third-order valence-electron chi connectivity index (χ3n) is 4.38. The first-order valence-corrected chi connectivity index (χ1v) is 12.2. The summed E-state index contributed by atoms with van der Waals surface area (Å²) in [4.78, 5) is 12.9. The first kappa shape index (κ1) is 20.8. The zero-order valence-electron chi connectivity index (χ0n) is 16.1. The summed E-state index contributed by atoms with van der Waals surface area (Å²) in [6, 6.07) is 7.49. The Bertz CT molecular complexity index is 1120. The van der Waals surface area contributed by atoms with E-state index in [2.05, 4.69) is 21.8 Å². The zero-order valence-corrected chi connectivity index (χ0v) is 17.7. The van der Waals surface area contributed by atoms with Gasteiger partial charge in [0.2, 0.25) is 15.8 Å². The largest absolute Gasteiger partial charge is 0.276 e. The van der Waals surface area contributed by atoms with E-state index in [-0.39, 0.29) is 5.56 Å². The van der Waals surface area contributed by atoms with Crippen LogP contribution in [-0.4, -0.2) is 46.1 Å². The fourth-order valence-corrected chi connectivity index (χ4v) is 4.44. The number of benzene rings is 1. The Morgan fingerprint density at radius 3 is 2.68 bits per heavy atom. The van der Waals surface area contributed by atoms with Crippen LogP contribution >= 0.6 is 11.8 Å². The molecule has 0 aliphatic heterocycles. The molecule has 3 aromatic rings. The molecule has 0 radical (unpaired) electrons. The molecular formula is C18H25N5O3S2. The van der Waals surface area contributed by atoms with E-state index in [4.69, 9.17) is 0 Å². The topological polar surface area (TPSA) is 98.4 Å². The van der Waals surface area contributed by atoms with Crippen LogP contribution in [0.1, 0.15) is 32.6 Å². The van der Waals surface area contributed by atoms with E-state index in [9.17, 15) is 13.2 Å². The van der Waals surface area contributed by atoms with Crippen LogP contribution in [-0.2, 0) is 16.6 Å². The number of sulfonamides is 1. The van der Waals surface area contributed by atoms with Crippen LogP contribution in [0, 0.1) is 0 Å². The lowest BCUT2D eigenvalue weighted by Crippen LogP contribution is -2.23. The van der Waals surface area contributed by atoms with E-state index in [1.807, 2.05) is 28.7 Å². The van der Waals surface area contributed by atoms with Gasteiger partial charge in [0.1, 0.15) is 0 Å². The molecule has 8 nitrogen and oxygen atoms in total. The molecule has 10 heteroatoms. The molecule has 0 amide bonds. The van der Waals surface area contributed by atoms with Gasteiger partial charge in [0.25, 0.3) is 5.56 Å². The number of aryl methyl sites for hydroxylation is 1. The molecule has 1 aromatic carbocycles. The smallest absolute Gasteiger partial charge is 0.262 e. The quantitative estimate of drug-likeness (QED) is 0.397. The number of nitrogens with zero attached hydrogens (tertiary/aromatic N) is 4. The molecule has 0 atom stereocenters. The number of para-hydroxylation sites is 1. The average molecular weight is 424 g/mol. The molecule has 152 valence electrons. The summed E-state index contributed by atoms with van der Waals surface area (Å²) in [5.41, 5.74) is 0.747. The molecule has 2 aromatic heterocycles. The Hall–Kier alpha value is -1.91. The summed E-state index contributed by atoms with van der Waals surface area (Å²) < 4.78 is 28.4. The number of hydrogen-bond donors (Lipinski definition) is 1. The monoisotopic (exact) mass is 423 g/mol. The van der Waals surface area contributed by atoms with Gasteiger partial charge in [-0.1, -0.05) is 43.7 Å². The zero-order chi connectivity index (χ0) is 20.1. The molecule has 2 heterocycles. The van der Waals surface area contributed by atoms with Crippen LogP contribution in [0.5, 0.6) is 0 Å². The van der Waals surface area contributed by atoms with E-state index >= 15 is 0 Å². The van der Waals surface area contributed by atoms with Crippen molar-refractivity contribution in [3.63, 3.8) is 0 Å². The van der Waals surface area contributed by atoms with Crippen molar-refractivity contribution in [2.45, 2.75) is 44.3 Å². The number of rotatable bonds is 10. The number of hydrogen-bond acceptors (Lipinski definition) is 6. The highest BCUT2D eigenvalue weighted by Crippen LogP contribution is 2.22. The molecule has 0 aliphatic carbocycles. The highest BCUT2D eigenvalue weighted by molar-refractivity contribution is 7.99. The first-order valence-electron chi connectivity index (χ1n) is 9.36. The van der Waals surface area contributed by atoms with Crippen molar-refractivity contribution < 1.29 is 8.42 Å². The van der Waals surface area contributed by atoms with Gasteiger partial charge in [-0.05, 0) is 25.0 Å². The van der Waals surface area contributed by atoms with Crippen LogP contribution < -0.4 is 10.3 Å². The summed E-state index contributed by atoms with van der Waals surface area (Å²) in [5.74, 6) is 1.24. The molecule has 0 unspecified atom stereocenters. The van der Waals surface area contributed by atoms with E-state index in [0.717, 1.165) is 31.0 Å². The molecule has 0 bridgehead atoms. The fraction of sp³-hybridized carbons (Fsp3) is 0.500. The van der Waals surface area contributed by atoms with Crippen molar-refractivity contribution in [1.29, 1.82) is 0 Å². The Labute approximate surface area is 168 Å². The van der Waals surface area contributed by atoms with Crippen molar-refractivity contribution in [3.05, 3.63) is 34.6 Å². The van der Waals surface area contributed by atoms with Gasteiger partial charge < -0.3 is 0 Å². The summed E-state index contributed by atoms with van der Waals surface area (Å²) in [6.07, 6.45) is 4.86. The summed E-state index contributed by atoms with van der Waals surface area (Å²) in [6.45, 7) is 3.12. The van der Waals surface area contributed by atoms with Crippen molar-refractivity contribution in [2.24, 2.45) is 0 Å². The number of unbranched alkanes of at least 4 members (excludes halogenated alkanes) is 2. The SMILES string of the molecule is CCCCCn1c(=O)c2ccccc2n2c(SCCCNS(C)(=O)=O)nnc12. The maximum atomic E-state index is 12.9. The van der Waals surface area contributed by atoms with Crippen LogP contribution in [0.15, 0.2) is 34.2 Å². The molecule has 0 spiro atoms. The maximum Gasteiger partial charge on any atom is 0.262 e. The fourth-order valence-electron chi connectivity index (χ4n) is 3.04. The van der Waals surface area contributed by atoms with Crippen molar-refractivity contribution in [1.82, 2.24) is 23.9 Å². The second kappa shape index (κ2) is 9.06. The van der Waals surface area contributed by atoms with Crippen LogP contribution in [0.4, 0.5) is 0 Å². The highest BCUT2D eigenvalue weighted by Gasteiger charge is 2.16. The summed E-state index contributed by atoms with van der Waals surface area (Å²) >= 11 is 1.50. The van der Waals surface area contributed by atoms with E-state index in [1.54, 1.807) is 4.57 Å². The standard InChI is InChI=1S/C18H25N5O3S2/c1-3-4-7-12-22-16(24)14-9-5-6-10-15(14)23-17(22)20-21-18(23)27-13-8-11-19-28(2,25)26/h5-6,9-10,19H,3-4,7-8,11-13H2,1-2H3. The summed E-state index contributed by atoms with van der Waals surface area (Å²) in [5, 5.41) is 9.94. The minimum absolute atomic E-state index is 0.0412. The number of aromatic nitrogens is 4. The lowest BCUT2D eigenvalue weighted by molar-refractivity contribution is 0.587. The van der Waals surface area contributed by atoms with Crippen LogP contribution in [0.2, 0.25) is 0 Å². The van der Waals surface area contributed by atoms with Crippen molar-refractivity contribution >= 4 is 38.5 Å². The molecule has 1 N–H and O–H groups in total. The highest BCUT2D eigenvalue weighted by atomic mass is 32.2. The molecular weight excluding hydrogens is 398 g/mol. The van der Waals surface area contributed by atoms with Gasteiger partial charge in [-0.15, -0.1) is 10.2 Å². The number of thioether (sulfide) groups is 1. The van der Waals surface area contributed by atoms with Gasteiger partial charge in [-0.2, -0.15) is 0 Å². The van der Waals surface area contributed by atoms with Crippen molar-refractivity contribution in [3.8, 4) is 0 Å². The van der Waals surface area contributed by atoms with Crippen LogP contribution in [0.25, 0.3) is 16.7 Å². The molecule has 3 rings (SSSR count). The maximum absolute atomic E-state index is 12.9. The van der Waals surface area contributed by atoms with E-state index in [0.29, 0.717) is 41.6 Å². The third kappa shape index (κ3) is 4.73. The average Bonchev–Trinajstić information content (AvgIpc) is 3.07. The molecule has 0 saturated carbocycles. The predicted octanol–water partition coefficient (Wildman–Crippen LogP) is 2.27. The minimum atomic E-state index is -3.17. The van der Waals surface area contributed by atoms with E-state index < -0.39 is 10.0 Å². The molecule has 0 fully saturated rings. The Morgan fingerprint density at radius 2 is 1.93 bits per heavy atom. The van der Waals surface area contributed by atoms with Gasteiger partial charge in [0, 0.05) is 18.8 Å². The normalized spacial score (nSPS) is 12.2. The number of nitrogens with one attached hydrogen (secondary N) is 1. The van der Waals surface area contributed by atoms with Crippen LogP contribution in [0.3, 0.4) is 0 Å². The number of fused-ring (bicyclic) bond motifs is 3. The lowest BCUT2D eigenvalue weighted by atomic mass is 10.2. The lowest BCUT2D eigenvalue weighted by Gasteiger charge is -2.11. The van der Waals surface area contributed by atoms with Crippen molar-refractivity contribution in [2.75, 3.05) is 18.6 Å². The van der Waals surface area contributed by atoms with E-state index in [1.165, 1.54) is 11.8 Å². The van der Waals surface area contributed by atoms with Gasteiger partial charge in [-0.3, -0.25) is 13.8 Å². The van der Waals surface area contributed by atoms with Gasteiger partial charge in [-0.25, -0.2) is 13.1 Å². The Kier molecular flexibility index (Phi) is 6.73.